The molecule has 0 aromatic heterocycles. The first kappa shape index (κ1) is 23.3. The molecule has 0 aliphatic rings. The van der Waals surface area contributed by atoms with Crippen LogP contribution in [0.5, 0.6) is 0 Å². The third-order valence-corrected chi connectivity index (χ3v) is 6.23. The zero-order chi connectivity index (χ0) is 23.9. The van der Waals surface area contributed by atoms with E-state index in [0.717, 1.165) is 16.3 Å². The summed E-state index contributed by atoms with van der Waals surface area (Å²) in [5.74, 6) is -0.735. The van der Waals surface area contributed by atoms with Gasteiger partial charge in [-0.05, 0) is 79.7 Å². The van der Waals surface area contributed by atoms with E-state index in [-0.39, 0.29) is 22.9 Å². The smallest absolute Gasteiger partial charge is 0.255 e. The van der Waals surface area contributed by atoms with Crippen LogP contribution in [0.25, 0.3) is 0 Å². The lowest BCUT2D eigenvalue weighted by atomic mass is 10.2. The van der Waals surface area contributed by atoms with Crippen molar-refractivity contribution in [2.75, 3.05) is 10.2 Å². The van der Waals surface area contributed by atoms with Crippen LogP contribution in [0.3, 0.4) is 0 Å². The number of carbonyl (C=O) groups is 2. The number of halogens is 1. The van der Waals surface area contributed by atoms with E-state index in [9.17, 15) is 14.0 Å². The first-order valence-corrected chi connectivity index (χ1v) is 11.7. The van der Waals surface area contributed by atoms with Crippen LogP contribution in [0, 0.1) is 5.82 Å². The highest BCUT2D eigenvalue weighted by Gasteiger charge is 2.24. The van der Waals surface area contributed by atoms with Crippen LogP contribution in [0.4, 0.5) is 21.5 Å². The maximum absolute atomic E-state index is 13.5. The molecule has 4 aromatic carbocycles. The molecule has 0 aliphatic carbocycles. The zero-order valence-electron chi connectivity index (χ0n) is 18.5. The molecular formula is C28H23FN2O2S. The Labute approximate surface area is 202 Å². The summed E-state index contributed by atoms with van der Waals surface area (Å²) in [7, 11) is 0. The third kappa shape index (κ3) is 5.71. The van der Waals surface area contributed by atoms with Crippen LogP contribution in [-0.4, -0.2) is 17.1 Å². The van der Waals surface area contributed by atoms with Crippen molar-refractivity contribution in [2.24, 2.45) is 0 Å². The maximum atomic E-state index is 13.5. The molecule has 4 nitrogen and oxygen atoms in total. The van der Waals surface area contributed by atoms with E-state index in [2.05, 4.69) is 5.32 Å². The fourth-order valence-electron chi connectivity index (χ4n) is 3.42. The average Bonchev–Trinajstić information content (AvgIpc) is 2.87. The normalized spacial score (nSPS) is 11.5. The number of hydrogen-bond donors (Lipinski definition) is 1. The van der Waals surface area contributed by atoms with Crippen LogP contribution < -0.4 is 10.2 Å². The van der Waals surface area contributed by atoms with Crippen LogP contribution in [0.15, 0.2) is 114 Å². The van der Waals surface area contributed by atoms with E-state index >= 15 is 0 Å². The molecule has 1 unspecified atom stereocenters. The lowest BCUT2D eigenvalue weighted by Crippen LogP contribution is -2.32. The van der Waals surface area contributed by atoms with Gasteiger partial charge in [0.05, 0.1) is 5.25 Å². The van der Waals surface area contributed by atoms with Crippen LogP contribution in [-0.2, 0) is 4.79 Å². The Bertz CT molecular complexity index is 1210. The number of nitrogens with zero attached hydrogens (tertiary/aromatic N) is 1. The number of para-hydroxylation sites is 2. The fourth-order valence-corrected chi connectivity index (χ4v) is 4.32. The molecule has 0 saturated heterocycles. The summed E-state index contributed by atoms with van der Waals surface area (Å²) in [5.41, 5.74) is 2.61. The molecule has 0 heterocycles. The van der Waals surface area contributed by atoms with Crippen LogP contribution in [0.1, 0.15) is 17.3 Å². The second-order valence-electron chi connectivity index (χ2n) is 7.59. The predicted molar refractivity (Wildman–Crippen MR) is 136 cm³/mol. The number of thioether (sulfide) groups is 1. The highest BCUT2D eigenvalue weighted by atomic mass is 32.2. The molecule has 4 aromatic rings. The first-order chi connectivity index (χ1) is 16.5. The number of benzene rings is 4. The molecule has 1 atom stereocenters. The Kier molecular flexibility index (Phi) is 7.40. The molecule has 1 N–H and O–H groups in total. The molecule has 0 radical (unpaired) electrons. The summed E-state index contributed by atoms with van der Waals surface area (Å²) in [6.45, 7) is 1.89. The van der Waals surface area contributed by atoms with Gasteiger partial charge < -0.3 is 5.32 Å². The minimum absolute atomic E-state index is 0.0314. The van der Waals surface area contributed by atoms with E-state index in [0.29, 0.717) is 11.3 Å². The van der Waals surface area contributed by atoms with Gasteiger partial charge in [0.1, 0.15) is 5.82 Å². The molecule has 4 rings (SSSR count). The molecule has 0 spiro atoms. The van der Waals surface area contributed by atoms with Gasteiger partial charge in [-0.2, -0.15) is 0 Å². The number of anilines is 3. The summed E-state index contributed by atoms with van der Waals surface area (Å²) >= 11 is 1.45. The summed E-state index contributed by atoms with van der Waals surface area (Å²) in [5, 5.41) is 2.45. The van der Waals surface area contributed by atoms with E-state index in [1.165, 1.54) is 36.0 Å². The predicted octanol–water partition coefficient (Wildman–Crippen LogP) is 6.92. The van der Waals surface area contributed by atoms with Gasteiger partial charge >= 0.3 is 0 Å². The average molecular weight is 471 g/mol. The Morgan fingerprint density at radius 3 is 1.82 bits per heavy atom. The maximum Gasteiger partial charge on any atom is 0.255 e. The summed E-state index contributed by atoms with van der Waals surface area (Å²) in [6.07, 6.45) is 0. The van der Waals surface area contributed by atoms with Gasteiger partial charge in [0.25, 0.3) is 5.91 Å². The summed E-state index contributed by atoms with van der Waals surface area (Å²) < 4.78 is 13.1. The van der Waals surface area contributed by atoms with Gasteiger partial charge in [-0.25, -0.2) is 4.39 Å². The lowest BCUT2D eigenvalue weighted by Gasteiger charge is -2.26. The number of hydrogen-bond acceptors (Lipinski definition) is 3. The van der Waals surface area contributed by atoms with Gasteiger partial charge in [-0.3, -0.25) is 14.5 Å². The highest BCUT2D eigenvalue weighted by Crippen LogP contribution is 2.31. The zero-order valence-corrected chi connectivity index (χ0v) is 19.3. The van der Waals surface area contributed by atoms with E-state index in [4.69, 9.17) is 0 Å². The van der Waals surface area contributed by atoms with Crippen molar-refractivity contribution in [3.8, 4) is 0 Å². The minimum atomic E-state index is -0.389. The Morgan fingerprint density at radius 1 is 0.765 bits per heavy atom. The molecule has 0 saturated carbocycles. The van der Waals surface area contributed by atoms with Crippen molar-refractivity contribution < 1.29 is 14.0 Å². The van der Waals surface area contributed by atoms with Gasteiger partial charge in [0.2, 0.25) is 5.91 Å². The van der Waals surface area contributed by atoms with Gasteiger partial charge in [-0.15, -0.1) is 11.8 Å². The quantitative estimate of drug-likeness (QED) is 0.298. The topological polar surface area (TPSA) is 49.4 Å². The Balaban J connectivity index is 1.45. The minimum Gasteiger partial charge on any atom is -0.322 e. The van der Waals surface area contributed by atoms with Crippen LogP contribution >= 0.6 is 11.8 Å². The van der Waals surface area contributed by atoms with Crippen molar-refractivity contribution >= 4 is 40.6 Å². The number of carbonyl (C=O) groups excluding carboxylic acids is 2. The second-order valence-corrected chi connectivity index (χ2v) is 9.00. The SMILES string of the molecule is CC(Sc1ccc(NC(=O)c2ccc(F)cc2)cc1)C(=O)N(c1ccccc1)c1ccccc1. The first-order valence-electron chi connectivity index (χ1n) is 10.8. The summed E-state index contributed by atoms with van der Waals surface area (Å²) in [4.78, 5) is 28.4. The molecule has 34 heavy (non-hydrogen) atoms. The largest absolute Gasteiger partial charge is 0.322 e. The van der Waals surface area contributed by atoms with Gasteiger partial charge in [-0.1, -0.05) is 36.4 Å². The Morgan fingerprint density at radius 2 is 1.29 bits per heavy atom. The Hall–Kier alpha value is -3.90. The number of amides is 2. The van der Waals surface area contributed by atoms with Crippen LogP contribution in [0.2, 0.25) is 0 Å². The fraction of sp³-hybridized carbons (Fsp3) is 0.0714. The van der Waals surface area contributed by atoms with Crippen molar-refractivity contribution in [1.29, 1.82) is 0 Å². The highest BCUT2D eigenvalue weighted by molar-refractivity contribution is 8.00. The lowest BCUT2D eigenvalue weighted by molar-refractivity contribution is -0.117. The molecule has 170 valence electrons. The van der Waals surface area contributed by atoms with Crippen molar-refractivity contribution in [2.45, 2.75) is 17.1 Å². The van der Waals surface area contributed by atoms with Crippen molar-refractivity contribution in [3.05, 3.63) is 121 Å². The molecule has 2 amide bonds. The monoisotopic (exact) mass is 470 g/mol. The van der Waals surface area contributed by atoms with Gasteiger partial charge in [0, 0.05) is 27.5 Å². The van der Waals surface area contributed by atoms with Crippen molar-refractivity contribution in [3.63, 3.8) is 0 Å². The van der Waals surface area contributed by atoms with Crippen molar-refractivity contribution in [1.82, 2.24) is 0 Å². The van der Waals surface area contributed by atoms with Gasteiger partial charge in [0.15, 0.2) is 0 Å². The molecular weight excluding hydrogens is 447 g/mol. The molecule has 6 heteroatoms. The van der Waals surface area contributed by atoms with E-state index in [1.807, 2.05) is 79.7 Å². The number of nitrogens with one attached hydrogen (secondary N) is 1. The molecule has 0 fully saturated rings. The second kappa shape index (κ2) is 10.8. The standard InChI is InChI=1S/C28H23FN2O2S/c1-20(28(33)31(24-8-4-2-5-9-24)25-10-6-3-7-11-25)34-26-18-16-23(17-19-26)30-27(32)21-12-14-22(29)15-13-21/h2-20H,1H3,(H,30,32). The third-order valence-electron chi connectivity index (χ3n) is 5.13. The number of rotatable bonds is 7. The molecule has 0 bridgehead atoms. The molecule has 0 aliphatic heterocycles. The summed E-state index contributed by atoms with van der Waals surface area (Å²) in [6, 6.07) is 31.8. The van der Waals surface area contributed by atoms with E-state index in [1.54, 1.807) is 17.0 Å². The van der Waals surface area contributed by atoms with E-state index < -0.39 is 0 Å².